The predicted molar refractivity (Wildman–Crippen MR) is 115 cm³/mol. The maximum atomic E-state index is 13.0. The van der Waals surface area contributed by atoms with E-state index in [1.807, 2.05) is 51.1 Å². The summed E-state index contributed by atoms with van der Waals surface area (Å²) in [4.78, 5) is 13.0. The summed E-state index contributed by atoms with van der Waals surface area (Å²) in [5.74, 6) is 2.44. The van der Waals surface area contributed by atoms with E-state index in [-0.39, 0.29) is 18.6 Å². The lowest BCUT2D eigenvalue weighted by Crippen LogP contribution is -2.27. The molecule has 2 aromatic carbocycles. The van der Waals surface area contributed by atoms with Crippen molar-refractivity contribution in [3.8, 4) is 17.2 Å². The highest BCUT2D eigenvalue weighted by Crippen LogP contribution is 2.32. The SMILES string of the molecule is Cc1noc(C)c1COc1ccccc1C(=O)NC(C)c1ccc2c(c1)OCCCO2. The lowest BCUT2D eigenvalue weighted by atomic mass is 10.1. The summed E-state index contributed by atoms with van der Waals surface area (Å²) < 4.78 is 22.6. The summed E-state index contributed by atoms with van der Waals surface area (Å²) in [5, 5.41) is 6.99. The van der Waals surface area contributed by atoms with Gasteiger partial charge in [-0.2, -0.15) is 0 Å². The van der Waals surface area contributed by atoms with Gasteiger partial charge >= 0.3 is 0 Å². The molecule has 7 nitrogen and oxygen atoms in total. The number of hydrogen-bond acceptors (Lipinski definition) is 6. The molecule has 4 rings (SSSR count). The third-order valence-corrected chi connectivity index (χ3v) is 5.30. The number of aryl methyl sites for hydroxylation is 2. The Balaban J connectivity index is 1.47. The zero-order valence-corrected chi connectivity index (χ0v) is 17.9. The topological polar surface area (TPSA) is 82.8 Å². The maximum absolute atomic E-state index is 13.0. The van der Waals surface area contributed by atoms with Gasteiger partial charge in [0.1, 0.15) is 18.1 Å². The standard InChI is InChI=1S/C24H26N2O5/c1-15(18-9-10-22-23(13-18)29-12-6-11-28-22)25-24(27)19-7-4-5-8-21(19)30-14-20-16(2)26-31-17(20)3/h4-5,7-10,13,15H,6,11-12,14H2,1-3H3,(H,25,27). The van der Waals surface area contributed by atoms with Crippen LogP contribution >= 0.6 is 0 Å². The first-order chi connectivity index (χ1) is 15.0. The number of para-hydroxylation sites is 1. The van der Waals surface area contributed by atoms with Crippen LogP contribution in [0.25, 0.3) is 0 Å². The number of fused-ring (bicyclic) bond motifs is 1. The first kappa shape index (κ1) is 20.8. The first-order valence-corrected chi connectivity index (χ1v) is 10.4. The molecule has 7 heteroatoms. The van der Waals surface area contributed by atoms with Crippen molar-refractivity contribution in [1.82, 2.24) is 10.5 Å². The van der Waals surface area contributed by atoms with Crippen LogP contribution in [0, 0.1) is 13.8 Å². The second-order valence-corrected chi connectivity index (χ2v) is 7.54. The number of carbonyl (C=O) groups excluding carboxylic acids is 1. The van der Waals surface area contributed by atoms with Crippen LogP contribution in [0.3, 0.4) is 0 Å². The predicted octanol–water partition coefficient (Wildman–Crippen LogP) is 4.52. The van der Waals surface area contributed by atoms with Crippen molar-refractivity contribution in [3.05, 3.63) is 70.6 Å². The summed E-state index contributed by atoms with van der Waals surface area (Å²) in [6.45, 7) is 7.18. The van der Waals surface area contributed by atoms with Crippen LogP contribution in [0.1, 0.15) is 52.3 Å². The average Bonchev–Trinajstić information content (AvgIpc) is 2.95. The van der Waals surface area contributed by atoms with Crippen LogP contribution < -0.4 is 19.5 Å². The molecule has 1 unspecified atom stereocenters. The Morgan fingerprint density at radius 2 is 1.90 bits per heavy atom. The van der Waals surface area contributed by atoms with Gasteiger partial charge in [-0.25, -0.2) is 0 Å². The van der Waals surface area contributed by atoms with Crippen molar-refractivity contribution in [3.63, 3.8) is 0 Å². The number of hydrogen-bond donors (Lipinski definition) is 1. The van der Waals surface area contributed by atoms with Crippen LogP contribution in [-0.4, -0.2) is 24.3 Å². The van der Waals surface area contributed by atoms with Gasteiger partial charge < -0.3 is 24.1 Å². The molecule has 1 N–H and O–H groups in total. The van der Waals surface area contributed by atoms with E-state index < -0.39 is 0 Å². The van der Waals surface area contributed by atoms with Crippen molar-refractivity contribution >= 4 is 5.91 Å². The summed E-state index contributed by atoms with van der Waals surface area (Å²) in [6.07, 6.45) is 0.848. The van der Waals surface area contributed by atoms with Crippen molar-refractivity contribution < 1.29 is 23.5 Å². The molecule has 0 radical (unpaired) electrons. The minimum atomic E-state index is -0.222. The molecule has 0 saturated carbocycles. The van der Waals surface area contributed by atoms with Gasteiger partial charge in [0.05, 0.1) is 36.1 Å². The Morgan fingerprint density at radius 3 is 2.68 bits per heavy atom. The smallest absolute Gasteiger partial charge is 0.255 e. The Kier molecular flexibility index (Phi) is 6.11. The molecule has 0 bridgehead atoms. The highest BCUT2D eigenvalue weighted by Gasteiger charge is 2.19. The first-order valence-electron chi connectivity index (χ1n) is 10.4. The van der Waals surface area contributed by atoms with E-state index in [4.69, 9.17) is 18.7 Å². The highest BCUT2D eigenvalue weighted by molar-refractivity contribution is 5.97. The van der Waals surface area contributed by atoms with E-state index in [2.05, 4.69) is 10.5 Å². The van der Waals surface area contributed by atoms with E-state index in [0.717, 1.165) is 29.0 Å². The number of aromatic nitrogens is 1. The van der Waals surface area contributed by atoms with Crippen LogP contribution in [0.2, 0.25) is 0 Å². The monoisotopic (exact) mass is 422 g/mol. The van der Waals surface area contributed by atoms with Gasteiger partial charge in [-0.1, -0.05) is 23.4 Å². The minimum absolute atomic E-state index is 0.214. The van der Waals surface area contributed by atoms with E-state index in [1.54, 1.807) is 12.1 Å². The van der Waals surface area contributed by atoms with E-state index in [9.17, 15) is 4.79 Å². The molecule has 0 fully saturated rings. The van der Waals surface area contributed by atoms with Gasteiger partial charge in [-0.3, -0.25) is 4.79 Å². The molecule has 3 aromatic rings. The van der Waals surface area contributed by atoms with Crippen LogP contribution in [0.4, 0.5) is 0 Å². The zero-order valence-electron chi connectivity index (χ0n) is 17.9. The lowest BCUT2D eigenvalue weighted by molar-refractivity contribution is 0.0935. The maximum Gasteiger partial charge on any atom is 0.255 e. The van der Waals surface area contributed by atoms with Gasteiger partial charge in [-0.15, -0.1) is 0 Å². The Hall–Kier alpha value is -3.48. The summed E-state index contributed by atoms with van der Waals surface area (Å²) >= 11 is 0. The largest absolute Gasteiger partial charge is 0.490 e. The van der Waals surface area contributed by atoms with Gasteiger partial charge in [0.25, 0.3) is 5.91 Å². The number of nitrogens with one attached hydrogen (secondary N) is 1. The number of ether oxygens (including phenoxy) is 3. The second-order valence-electron chi connectivity index (χ2n) is 7.54. The van der Waals surface area contributed by atoms with Crippen LogP contribution in [-0.2, 0) is 6.61 Å². The zero-order chi connectivity index (χ0) is 21.8. The van der Waals surface area contributed by atoms with Gasteiger partial charge in [0.2, 0.25) is 0 Å². The van der Waals surface area contributed by atoms with E-state index in [0.29, 0.717) is 36.0 Å². The molecule has 1 aliphatic heterocycles. The summed E-state index contributed by atoms with van der Waals surface area (Å²) in [6, 6.07) is 12.7. The number of nitrogens with zero attached hydrogens (tertiary/aromatic N) is 1. The molecule has 1 aliphatic rings. The van der Waals surface area contributed by atoms with E-state index in [1.165, 1.54) is 0 Å². The normalized spacial score (nSPS) is 13.9. The molecule has 31 heavy (non-hydrogen) atoms. The Morgan fingerprint density at radius 1 is 1.13 bits per heavy atom. The van der Waals surface area contributed by atoms with Crippen molar-refractivity contribution in [2.45, 2.75) is 39.8 Å². The lowest BCUT2D eigenvalue weighted by Gasteiger charge is -2.18. The summed E-state index contributed by atoms with van der Waals surface area (Å²) in [5.41, 5.74) is 3.07. The third-order valence-electron chi connectivity index (χ3n) is 5.30. The Labute approximate surface area is 181 Å². The molecule has 1 amide bonds. The fraction of sp³-hybridized carbons (Fsp3) is 0.333. The molecular weight excluding hydrogens is 396 g/mol. The van der Waals surface area contributed by atoms with Gasteiger partial charge in [0, 0.05) is 6.42 Å². The number of amides is 1. The number of carbonyl (C=O) groups is 1. The fourth-order valence-electron chi connectivity index (χ4n) is 3.44. The molecule has 1 atom stereocenters. The van der Waals surface area contributed by atoms with Gasteiger partial charge in [0.15, 0.2) is 11.5 Å². The number of rotatable bonds is 6. The van der Waals surface area contributed by atoms with Crippen LogP contribution in [0.5, 0.6) is 17.2 Å². The summed E-state index contributed by atoms with van der Waals surface area (Å²) in [7, 11) is 0. The number of benzene rings is 2. The minimum Gasteiger partial charge on any atom is -0.490 e. The third kappa shape index (κ3) is 4.66. The molecular formula is C24H26N2O5. The highest BCUT2D eigenvalue weighted by atomic mass is 16.5. The Bertz CT molecular complexity index is 1060. The molecule has 2 heterocycles. The van der Waals surface area contributed by atoms with E-state index >= 15 is 0 Å². The van der Waals surface area contributed by atoms with Crippen molar-refractivity contribution in [1.29, 1.82) is 0 Å². The fourth-order valence-corrected chi connectivity index (χ4v) is 3.44. The molecule has 0 aliphatic carbocycles. The average molecular weight is 422 g/mol. The van der Waals surface area contributed by atoms with Crippen LogP contribution in [0.15, 0.2) is 47.0 Å². The van der Waals surface area contributed by atoms with Crippen molar-refractivity contribution in [2.75, 3.05) is 13.2 Å². The molecule has 162 valence electrons. The second kappa shape index (κ2) is 9.12. The molecule has 1 aromatic heterocycles. The molecule has 0 spiro atoms. The van der Waals surface area contributed by atoms with Crippen molar-refractivity contribution in [2.24, 2.45) is 0 Å². The molecule has 0 saturated heterocycles. The van der Waals surface area contributed by atoms with Gasteiger partial charge in [-0.05, 0) is 50.6 Å². The quantitative estimate of drug-likeness (QED) is 0.629.